The summed E-state index contributed by atoms with van der Waals surface area (Å²) < 4.78 is 11.2. The smallest absolute Gasteiger partial charge is 0.410 e. The first-order valence-corrected chi connectivity index (χ1v) is 9.64. The molecule has 0 aliphatic carbocycles. The van der Waals surface area contributed by atoms with Gasteiger partial charge in [-0.3, -0.25) is 4.79 Å². The van der Waals surface area contributed by atoms with Crippen molar-refractivity contribution in [3.8, 4) is 5.75 Å². The van der Waals surface area contributed by atoms with Crippen LogP contribution in [-0.2, 0) is 4.74 Å². The number of carboxylic acid groups (broad SMARTS) is 1. The van der Waals surface area contributed by atoms with Gasteiger partial charge in [-0.1, -0.05) is 6.07 Å². The van der Waals surface area contributed by atoms with Crippen LogP contribution in [-0.4, -0.2) is 88.9 Å². The first-order chi connectivity index (χ1) is 13.6. The fraction of sp³-hybridized carbons (Fsp3) is 0.550. The molecule has 2 saturated heterocycles. The first-order valence-electron chi connectivity index (χ1n) is 9.64. The molecule has 2 heterocycles. The van der Waals surface area contributed by atoms with Crippen molar-refractivity contribution in [2.45, 2.75) is 32.5 Å². The third-order valence-electron chi connectivity index (χ3n) is 4.72. The number of rotatable bonds is 3. The highest BCUT2D eigenvalue weighted by Gasteiger charge is 2.35. The number of hydrogen-bond donors (Lipinski definition) is 1. The molecular weight excluding hydrogens is 378 g/mol. The maximum atomic E-state index is 12.7. The second-order valence-electron chi connectivity index (χ2n) is 8.21. The van der Waals surface area contributed by atoms with E-state index in [2.05, 4.69) is 0 Å². The van der Waals surface area contributed by atoms with E-state index in [0.717, 1.165) is 0 Å². The van der Waals surface area contributed by atoms with Crippen LogP contribution in [0.2, 0.25) is 0 Å². The van der Waals surface area contributed by atoms with Crippen molar-refractivity contribution in [2.75, 3.05) is 39.3 Å². The average molecular weight is 405 g/mol. The van der Waals surface area contributed by atoms with E-state index < -0.39 is 11.7 Å². The van der Waals surface area contributed by atoms with E-state index in [1.807, 2.05) is 20.8 Å². The summed E-state index contributed by atoms with van der Waals surface area (Å²) in [5.41, 5.74) is -0.0391. The zero-order chi connectivity index (χ0) is 21.2. The van der Waals surface area contributed by atoms with Crippen LogP contribution in [0.3, 0.4) is 0 Å². The first kappa shape index (κ1) is 20.8. The van der Waals surface area contributed by atoms with E-state index in [-0.39, 0.29) is 18.1 Å². The van der Waals surface area contributed by atoms with E-state index in [0.29, 0.717) is 50.6 Å². The number of nitrogens with zero attached hydrogens (tertiary/aromatic N) is 3. The van der Waals surface area contributed by atoms with Crippen molar-refractivity contribution in [3.05, 3.63) is 29.8 Å². The molecule has 0 atom stereocenters. The lowest BCUT2D eigenvalue weighted by atomic mass is 10.1. The Balaban J connectivity index is 1.51. The maximum absolute atomic E-state index is 12.7. The molecule has 2 fully saturated rings. The number of likely N-dealkylation sites (tertiary alicyclic amines) is 1. The fourth-order valence-corrected chi connectivity index (χ4v) is 3.17. The van der Waals surface area contributed by atoms with Crippen LogP contribution in [0.25, 0.3) is 0 Å². The van der Waals surface area contributed by atoms with Crippen molar-refractivity contribution < 1.29 is 29.0 Å². The Morgan fingerprint density at radius 3 is 2.21 bits per heavy atom. The molecule has 0 unspecified atom stereocenters. The van der Waals surface area contributed by atoms with Gasteiger partial charge in [0.05, 0.1) is 13.1 Å². The molecule has 3 rings (SSSR count). The zero-order valence-corrected chi connectivity index (χ0v) is 17.0. The fourth-order valence-electron chi connectivity index (χ4n) is 3.17. The molecule has 1 N–H and O–H groups in total. The third-order valence-corrected chi connectivity index (χ3v) is 4.72. The van der Waals surface area contributed by atoms with Crippen molar-refractivity contribution in [2.24, 2.45) is 0 Å². The minimum atomic E-state index is -0.964. The number of ether oxygens (including phenoxy) is 2. The lowest BCUT2D eigenvalue weighted by molar-refractivity contribution is -0.0221. The van der Waals surface area contributed by atoms with Gasteiger partial charge >= 0.3 is 12.2 Å². The highest BCUT2D eigenvalue weighted by atomic mass is 16.6. The molecule has 9 heteroatoms. The standard InChI is InChI=1S/C20H27N3O6/c1-20(2,3)29-19(27)23-12-16(13-23)28-15-6-4-5-14(11-15)17(24)21-7-9-22(10-8-21)18(25)26/h4-6,11,16H,7-10,12-13H2,1-3H3,(H,25,26). The molecule has 2 aliphatic heterocycles. The molecule has 1 aromatic carbocycles. The molecule has 0 saturated carbocycles. The summed E-state index contributed by atoms with van der Waals surface area (Å²) in [6, 6.07) is 6.92. The summed E-state index contributed by atoms with van der Waals surface area (Å²) in [4.78, 5) is 40.2. The second kappa shape index (κ2) is 8.18. The van der Waals surface area contributed by atoms with Gasteiger partial charge in [0.25, 0.3) is 5.91 Å². The highest BCUT2D eigenvalue weighted by molar-refractivity contribution is 5.94. The molecule has 1 aromatic rings. The van der Waals surface area contributed by atoms with Gasteiger partial charge in [-0.15, -0.1) is 0 Å². The highest BCUT2D eigenvalue weighted by Crippen LogP contribution is 2.22. The van der Waals surface area contributed by atoms with Gasteiger partial charge in [0.2, 0.25) is 0 Å². The molecule has 9 nitrogen and oxygen atoms in total. The van der Waals surface area contributed by atoms with Gasteiger partial charge in [0.15, 0.2) is 0 Å². The third kappa shape index (κ3) is 5.30. The molecule has 158 valence electrons. The van der Waals surface area contributed by atoms with Gasteiger partial charge in [0.1, 0.15) is 17.5 Å². The van der Waals surface area contributed by atoms with Crippen LogP contribution in [0.15, 0.2) is 24.3 Å². The summed E-state index contributed by atoms with van der Waals surface area (Å²) in [5, 5.41) is 9.01. The minimum Gasteiger partial charge on any atom is -0.487 e. The van der Waals surface area contributed by atoms with Gasteiger partial charge in [0, 0.05) is 31.7 Å². The van der Waals surface area contributed by atoms with E-state index in [1.165, 1.54) is 4.90 Å². The topological polar surface area (TPSA) is 99.6 Å². The lowest BCUT2D eigenvalue weighted by Crippen LogP contribution is -2.57. The second-order valence-corrected chi connectivity index (χ2v) is 8.21. The number of carbonyl (C=O) groups excluding carboxylic acids is 2. The normalized spacial score (nSPS) is 17.6. The summed E-state index contributed by atoms with van der Waals surface area (Å²) in [6.45, 7) is 7.68. The Labute approximate surface area is 169 Å². The zero-order valence-electron chi connectivity index (χ0n) is 17.0. The predicted molar refractivity (Wildman–Crippen MR) is 104 cm³/mol. The van der Waals surface area contributed by atoms with Crippen LogP contribution in [0.1, 0.15) is 31.1 Å². The van der Waals surface area contributed by atoms with Crippen molar-refractivity contribution in [1.82, 2.24) is 14.7 Å². The van der Waals surface area contributed by atoms with Crippen LogP contribution in [0.5, 0.6) is 5.75 Å². The van der Waals surface area contributed by atoms with E-state index in [1.54, 1.807) is 34.1 Å². The number of hydrogen-bond acceptors (Lipinski definition) is 5. The van der Waals surface area contributed by atoms with E-state index >= 15 is 0 Å². The summed E-state index contributed by atoms with van der Waals surface area (Å²) in [6.07, 6.45) is -1.47. The van der Waals surface area contributed by atoms with E-state index in [4.69, 9.17) is 14.6 Å². The van der Waals surface area contributed by atoms with Gasteiger partial charge < -0.3 is 29.3 Å². The average Bonchev–Trinajstić information content (AvgIpc) is 2.62. The van der Waals surface area contributed by atoms with Crippen molar-refractivity contribution >= 4 is 18.1 Å². The van der Waals surface area contributed by atoms with Gasteiger partial charge in [-0.2, -0.15) is 0 Å². The predicted octanol–water partition coefficient (Wildman–Crippen LogP) is 2.12. The Bertz CT molecular complexity index is 777. The number of carbonyl (C=O) groups is 3. The molecule has 0 radical (unpaired) electrons. The van der Waals surface area contributed by atoms with Gasteiger partial charge in [-0.05, 0) is 39.0 Å². The SMILES string of the molecule is CC(C)(C)OC(=O)N1CC(Oc2cccc(C(=O)N3CCN(C(=O)O)CC3)c2)C1. The van der Waals surface area contributed by atoms with Crippen LogP contribution < -0.4 is 4.74 Å². The monoisotopic (exact) mass is 405 g/mol. The Morgan fingerprint density at radius 2 is 1.62 bits per heavy atom. The minimum absolute atomic E-state index is 0.146. The summed E-state index contributed by atoms with van der Waals surface area (Å²) >= 11 is 0. The maximum Gasteiger partial charge on any atom is 0.410 e. The molecule has 0 spiro atoms. The Hall–Kier alpha value is -2.97. The summed E-state index contributed by atoms with van der Waals surface area (Å²) in [5.74, 6) is 0.415. The van der Waals surface area contributed by atoms with Crippen LogP contribution in [0.4, 0.5) is 9.59 Å². The van der Waals surface area contributed by atoms with Crippen molar-refractivity contribution in [1.29, 1.82) is 0 Å². The van der Waals surface area contributed by atoms with Crippen LogP contribution >= 0.6 is 0 Å². The molecule has 0 aromatic heterocycles. The number of benzene rings is 1. The quantitative estimate of drug-likeness (QED) is 0.827. The lowest BCUT2D eigenvalue weighted by Gasteiger charge is -2.39. The summed E-state index contributed by atoms with van der Waals surface area (Å²) in [7, 11) is 0. The molecule has 3 amide bonds. The van der Waals surface area contributed by atoms with Crippen LogP contribution in [0, 0.1) is 0 Å². The van der Waals surface area contributed by atoms with Crippen molar-refractivity contribution in [3.63, 3.8) is 0 Å². The number of piperazine rings is 1. The molecule has 29 heavy (non-hydrogen) atoms. The van der Waals surface area contributed by atoms with Gasteiger partial charge in [-0.25, -0.2) is 9.59 Å². The Morgan fingerprint density at radius 1 is 1.00 bits per heavy atom. The number of amides is 3. The molecule has 2 aliphatic rings. The van der Waals surface area contributed by atoms with E-state index in [9.17, 15) is 14.4 Å². The molecular formula is C20H27N3O6. The molecule has 0 bridgehead atoms. The largest absolute Gasteiger partial charge is 0.487 e. The Kier molecular flexibility index (Phi) is 5.86.